The zero-order chi connectivity index (χ0) is 25.2. The molecule has 36 heavy (non-hydrogen) atoms. The van der Waals surface area contributed by atoms with Crippen LogP contribution in [0.2, 0.25) is 0 Å². The molecule has 1 aliphatic rings. The second-order valence-electron chi connectivity index (χ2n) is 9.19. The number of amides is 1. The molecule has 186 valence electrons. The van der Waals surface area contributed by atoms with Gasteiger partial charge in [0.25, 0.3) is 5.56 Å². The van der Waals surface area contributed by atoms with Crippen molar-refractivity contribution in [2.75, 3.05) is 26.7 Å². The molecule has 0 spiro atoms. The first-order chi connectivity index (χ1) is 17.4. The van der Waals surface area contributed by atoms with Crippen LogP contribution in [0.25, 0.3) is 22.4 Å². The van der Waals surface area contributed by atoms with E-state index in [9.17, 15) is 14.7 Å². The number of benzene rings is 2. The van der Waals surface area contributed by atoms with Crippen molar-refractivity contribution in [2.24, 2.45) is 0 Å². The number of aromatic nitrogens is 4. The van der Waals surface area contributed by atoms with E-state index in [1.54, 1.807) is 14.0 Å². The number of fused-ring (bicyclic) bond motifs is 1. The number of aliphatic hydroxyl groups is 1. The fourth-order valence-corrected chi connectivity index (χ4v) is 4.96. The summed E-state index contributed by atoms with van der Waals surface area (Å²) in [6, 6.07) is 13.3. The minimum Gasteiger partial charge on any atom is -0.392 e. The Hall–Kier alpha value is -3.89. The summed E-state index contributed by atoms with van der Waals surface area (Å²) < 4.78 is 5.17. The summed E-state index contributed by atoms with van der Waals surface area (Å²) in [4.78, 5) is 38.8. The lowest BCUT2D eigenvalue weighted by molar-refractivity contribution is -0.122. The normalized spacial score (nSPS) is 17.8. The Morgan fingerprint density at radius 1 is 1.28 bits per heavy atom. The van der Waals surface area contributed by atoms with Gasteiger partial charge in [-0.05, 0) is 35.7 Å². The lowest BCUT2D eigenvalue weighted by Crippen LogP contribution is -2.36. The number of rotatable bonds is 7. The maximum absolute atomic E-state index is 13.4. The number of aromatic amines is 1. The summed E-state index contributed by atoms with van der Waals surface area (Å²) in [5.41, 5.74) is 3.39. The zero-order valence-electron chi connectivity index (χ0n) is 20.1. The second kappa shape index (κ2) is 10.00. The monoisotopic (exact) mass is 488 g/mol. The van der Waals surface area contributed by atoms with E-state index in [0.717, 1.165) is 23.2 Å². The number of β-amino-alcohol motifs (C(OH)–C–C–N with tert-alkyl or cyclic N) is 1. The molecule has 2 aromatic heterocycles. The number of likely N-dealkylation sites (tertiary alicyclic amines) is 1. The number of likely N-dealkylation sites (N-methyl/N-ethyl adjacent to an activating group) is 1. The third kappa shape index (κ3) is 4.91. The van der Waals surface area contributed by atoms with E-state index in [1.807, 2.05) is 42.5 Å². The van der Waals surface area contributed by atoms with Gasteiger partial charge in [-0.2, -0.15) is 4.98 Å². The quantitative estimate of drug-likeness (QED) is 0.359. The fourth-order valence-electron chi connectivity index (χ4n) is 4.96. The van der Waals surface area contributed by atoms with Crippen LogP contribution in [0, 0.1) is 6.92 Å². The molecular formula is C26H28N6O4. The molecule has 10 heteroatoms. The molecule has 1 saturated heterocycles. The average Bonchev–Trinajstić information content (AvgIpc) is 3.51. The maximum atomic E-state index is 13.4. The first-order valence-corrected chi connectivity index (χ1v) is 11.9. The number of nitrogens with zero attached hydrogens (tertiary/aromatic N) is 4. The van der Waals surface area contributed by atoms with Crippen LogP contribution < -0.4 is 10.9 Å². The van der Waals surface area contributed by atoms with Crippen molar-refractivity contribution in [2.45, 2.75) is 31.3 Å². The third-order valence-electron chi connectivity index (χ3n) is 6.69. The van der Waals surface area contributed by atoms with Crippen molar-refractivity contribution in [3.8, 4) is 11.4 Å². The Balaban J connectivity index is 1.61. The summed E-state index contributed by atoms with van der Waals surface area (Å²) in [5.74, 6) is -0.0196. The number of carbonyl (C=O) groups excluding carboxylic acids is 1. The molecule has 1 aliphatic heterocycles. The number of H-pyrrole nitrogens is 1. The van der Waals surface area contributed by atoms with Crippen LogP contribution >= 0.6 is 0 Å². The Morgan fingerprint density at radius 3 is 2.86 bits per heavy atom. The van der Waals surface area contributed by atoms with E-state index >= 15 is 0 Å². The predicted molar refractivity (Wildman–Crippen MR) is 133 cm³/mol. The maximum Gasteiger partial charge on any atom is 0.266 e. The van der Waals surface area contributed by atoms with Crippen molar-refractivity contribution >= 4 is 16.9 Å². The highest BCUT2D eigenvalue weighted by molar-refractivity contribution is 5.86. The van der Waals surface area contributed by atoms with Crippen LogP contribution in [-0.4, -0.2) is 68.8 Å². The molecule has 10 nitrogen and oxygen atoms in total. The summed E-state index contributed by atoms with van der Waals surface area (Å²) in [5, 5.41) is 17.0. The van der Waals surface area contributed by atoms with Gasteiger partial charge in [0.1, 0.15) is 0 Å². The van der Waals surface area contributed by atoms with Crippen LogP contribution in [0.4, 0.5) is 0 Å². The first kappa shape index (κ1) is 23.8. The van der Waals surface area contributed by atoms with Gasteiger partial charge in [-0.15, -0.1) is 0 Å². The highest BCUT2D eigenvalue weighted by Crippen LogP contribution is 2.37. The van der Waals surface area contributed by atoms with E-state index in [2.05, 4.69) is 30.3 Å². The van der Waals surface area contributed by atoms with E-state index in [-0.39, 0.29) is 23.5 Å². The molecule has 3 heterocycles. The highest BCUT2D eigenvalue weighted by Gasteiger charge is 2.34. The van der Waals surface area contributed by atoms with Gasteiger partial charge in [0.2, 0.25) is 17.6 Å². The number of nitrogens with one attached hydrogen (secondary N) is 2. The summed E-state index contributed by atoms with van der Waals surface area (Å²) in [6.07, 6.45) is 1.56. The first-order valence-electron chi connectivity index (χ1n) is 11.9. The summed E-state index contributed by atoms with van der Waals surface area (Å²) in [6.45, 7) is 3.60. The molecule has 0 radical (unpaired) electrons. The van der Waals surface area contributed by atoms with Crippen LogP contribution in [0.3, 0.4) is 0 Å². The lowest BCUT2D eigenvalue weighted by Gasteiger charge is -2.31. The minimum atomic E-state index is -0.567. The molecule has 1 amide bonds. The smallest absolute Gasteiger partial charge is 0.266 e. The number of hydrogen-bond acceptors (Lipinski definition) is 8. The Labute approximate surface area is 207 Å². The largest absolute Gasteiger partial charge is 0.392 e. The van der Waals surface area contributed by atoms with Crippen molar-refractivity contribution in [1.29, 1.82) is 0 Å². The lowest BCUT2D eigenvalue weighted by atomic mass is 9.79. The predicted octanol–water partition coefficient (Wildman–Crippen LogP) is 1.96. The van der Waals surface area contributed by atoms with E-state index in [0.29, 0.717) is 42.3 Å². The Kier molecular flexibility index (Phi) is 6.62. The van der Waals surface area contributed by atoms with E-state index in [1.165, 1.54) is 6.20 Å². The molecule has 0 bridgehead atoms. The van der Waals surface area contributed by atoms with Gasteiger partial charge in [0, 0.05) is 45.1 Å². The number of hydrogen-bond donors (Lipinski definition) is 3. The topological polar surface area (TPSA) is 137 Å². The van der Waals surface area contributed by atoms with Gasteiger partial charge in [-0.1, -0.05) is 29.4 Å². The SMILES string of the molecule is CNC(=O)C(c1ccc2ncc(=O)[nH]c2c1)[C@H](CN1CC[C@H](O)C1)c1cccc(-c2noc(C)n2)c1. The second-order valence-corrected chi connectivity index (χ2v) is 9.19. The van der Waals surface area contributed by atoms with Crippen LogP contribution in [0.1, 0.15) is 35.3 Å². The molecule has 1 fully saturated rings. The van der Waals surface area contributed by atoms with Gasteiger partial charge in [0.15, 0.2) is 0 Å². The Morgan fingerprint density at radius 2 is 2.14 bits per heavy atom. The Bertz CT molecular complexity index is 1450. The molecular weight excluding hydrogens is 460 g/mol. The van der Waals surface area contributed by atoms with Gasteiger partial charge in [0.05, 0.1) is 29.3 Å². The number of aryl methyl sites for hydroxylation is 1. The molecule has 5 rings (SSSR count). The van der Waals surface area contributed by atoms with Crippen molar-refractivity contribution < 1.29 is 14.4 Å². The fraction of sp³-hybridized carbons (Fsp3) is 0.346. The van der Waals surface area contributed by atoms with Crippen LogP contribution in [-0.2, 0) is 4.79 Å². The molecule has 4 aromatic rings. The van der Waals surface area contributed by atoms with Gasteiger partial charge in [-0.3, -0.25) is 9.59 Å². The molecule has 0 aliphatic carbocycles. The van der Waals surface area contributed by atoms with E-state index < -0.39 is 5.92 Å². The van der Waals surface area contributed by atoms with E-state index in [4.69, 9.17) is 4.52 Å². The number of aliphatic hydroxyl groups excluding tert-OH is 1. The summed E-state index contributed by atoms with van der Waals surface area (Å²) >= 11 is 0. The number of carbonyl (C=O) groups is 1. The van der Waals surface area contributed by atoms with Crippen LogP contribution in [0.15, 0.2) is 58.0 Å². The van der Waals surface area contributed by atoms with Crippen LogP contribution in [0.5, 0.6) is 0 Å². The van der Waals surface area contributed by atoms with Crippen molar-refractivity contribution in [1.82, 2.24) is 30.3 Å². The molecule has 1 unspecified atom stereocenters. The highest BCUT2D eigenvalue weighted by atomic mass is 16.5. The van der Waals surface area contributed by atoms with Gasteiger partial charge >= 0.3 is 0 Å². The van der Waals surface area contributed by atoms with Gasteiger partial charge < -0.3 is 24.8 Å². The van der Waals surface area contributed by atoms with Crippen molar-refractivity contribution in [3.63, 3.8) is 0 Å². The third-order valence-corrected chi connectivity index (χ3v) is 6.69. The zero-order valence-corrected chi connectivity index (χ0v) is 20.1. The molecule has 3 N–H and O–H groups in total. The standard InChI is InChI=1S/C26H28N6O4/c1-15-29-25(31-36-15)18-5-3-4-16(10-18)20(14-32-9-8-19(33)13-32)24(26(35)27-2)17-6-7-21-22(11-17)30-23(34)12-28-21/h3-7,10-12,19-20,24,33H,8-9,13-14H2,1-2H3,(H,27,35)(H,30,34)/t19-,20+,24?/m0/s1. The van der Waals surface area contributed by atoms with Gasteiger partial charge in [-0.25, -0.2) is 4.98 Å². The molecule has 0 saturated carbocycles. The summed E-state index contributed by atoms with van der Waals surface area (Å²) in [7, 11) is 1.62. The molecule has 2 aromatic carbocycles. The van der Waals surface area contributed by atoms with Crippen molar-refractivity contribution in [3.05, 3.63) is 76.0 Å². The minimum absolute atomic E-state index is 0.147. The average molecular weight is 489 g/mol. The molecule has 3 atom stereocenters.